The standard InChI is InChI=1S/C19H15N7O/c1-26-9-14(15-7-11-3-2-6-20-17(11)23-15)13-5-4-12(8-16(13)26)18(27)24-19-21-10-22-25-19/h2-10H,1H3,(H,20,23)(H2,21,22,24,25,27). The van der Waals surface area contributed by atoms with Gasteiger partial charge in [0.05, 0.1) is 0 Å². The monoisotopic (exact) mass is 357 g/mol. The molecule has 0 bridgehead atoms. The highest BCUT2D eigenvalue weighted by atomic mass is 16.1. The van der Waals surface area contributed by atoms with Gasteiger partial charge in [0.2, 0.25) is 5.95 Å². The minimum atomic E-state index is -0.255. The number of amides is 1. The van der Waals surface area contributed by atoms with Crippen LogP contribution >= 0.6 is 0 Å². The number of pyridine rings is 1. The third-order valence-corrected chi connectivity index (χ3v) is 4.58. The van der Waals surface area contributed by atoms with Gasteiger partial charge in [0.15, 0.2) is 0 Å². The summed E-state index contributed by atoms with van der Waals surface area (Å²) in [4.78, 5) is 24.1. The number of hydrogen-bond donors (Lipinski definition) is 3. The highest BCUT2D eigenvalue weighted by Gasteiger charge is 2.15. The molecule has 5 rings (SSSR count). The van der Waals surface area contributed by atoms with Crippen LogP contribution in [0.25, 0.3) is 33.2 Å². The first-order chi connectivity index (χ1) is 13.2. The number of aromatic amines is 2. The number of hydrogen-bond acceptors (Lipinski definition) is 4. The van der Waals surface area contributed by atoms with E-state index in [2.05, 4.69) is 36.5 Å². The van der Waals surface area contributed by atoms with Gasteiger partial charge < -0.3 is 9.55 Å². The van der Waals surface area contributed by atoms with Gasteiger partial charge in [-0.25, -0.2) is 9.97 Å². The number of carbonyl (C=O) groups is 1. The fraction of sp³-hybridized carbons (Fsp3) is 0.0526. The Morgan fingerprint density at radius 1 is 1.19 bits per heavy atom. The molecule has 1 amide bonds. The molecular formula is C19H15N7O. The van der Waals surface area contributed by atoms with Gasteiger partial charge in [-0.3, -0.25) is 15.2 Å². The zero-order valence-corrected chi connectivity index (χ0v) is 14.4. The lowest BCUT2D eigenvalue weighted by atomic mass is 10.1. The fourth-order valence-electron chi connectivity index (χ4n) is 3.29. The molecule has 0 atom stereocenters. The lowest BCUT2D eigenvalue weighted by Gasteiger charge is -2.03. The molecule has 0 radical (unpaired) electrons. The van der Waals surface area contributed by atoms with Crippen LogP contribution in [0.4, 0.5) is 5.95 Å². The molecule has 0 saturated carbocycles. The van der Waals surface area contributed by atoms with Crippen molar-refractivity contribution < 1.29 is 4.79 Å². The van der Waals surface area contributed by atoms with Crippen LogP contribution < -0.4 is 5.32 Å². The molecule has 4 heterocycles. The number of H-pyrrole nitrogens is 2. The van der Waals surface area contributed by atoms with Crippen LogP contribution in [-0.4, -0.2) is 35.6 Å². The number of nitrogens with zero attached hydrogens (tertiary/aromatic N) is 4. The molecule has 132 valence electrons. The van der Waals surface area contributed by atoms with Gasteiger partial charge in [0, 0.05) is 52.6 Å². The Hall–Kier alpha value is -3.94. The predicted molar refractivity (Wildman–Crippen MR) is 102 cm³/mol. The summed E-state index contributed by atoms with van der Waals surface area (Å²) in [5.41, 5.74) is 4.41. The van der Waals surface area contributed by atoms with E-state index >= 15 is 0 Å². The van der Waals surface area contributed by atoms with Gasteiger partial charge in [-0.1, -0.05) is 6.07 Å². The number of anilines is 1. The summed E-state index contributed by atoms with van der Waals surface area (Å²) in [6.07, 6.45) is 5.23. The number of fused-ring (bicyclic) bond motifs is 2. The van der Waals surface area contributed by atoms with Crippen molar-refractivity contribution in [3.05, 3.63) is 60.7 Å². The summed E-state index contributed by atoms with van der Waals surface area (Å²) < 4.78 is 2.01. The molecule has 5 aromatic rings. The van der Waals surface area contributed by atoms with Gasteiger partial charge in [-0.15, -0.1) is 5.10 Å². The number of aryl methyl sites for hydroxylation is 1. The van der Waals surface area contributed by atoms with Crippen molar-refractivity contribution in [1.29, 1.82) is 0 Å². The van der Waals surface area contributed by atoms with Gasteiger partial charge in [0.25, 0.3) is 5.91 Å². The summed E-state index contributed by atoms with van der Waals surface area (Å²) in [7, 11) is 1.96. The highest BCUT2D eigenvalue weighted by molar-refractivity contribution is 6.07. The van der Waals surface area contributed by atoms with Crippen LogP contribution in [0, 0.1) is 0 Å². The van der Waals surface area contributed by atoms with E-state index in [1.54, 1.807) is 12.3 Å². The van der Waals surface area contributed by atoms with Gasteiger partial charge in [-0.05, 0) is 30.3 Å². The Morgan fingerprint density at radius 2 is 2.11 bits per heavy atom. The van der Waals surface area contributed by atoms with E-state index in [9.17, 15) is 4.79 Å². The van der Waals surface area contributed by atoms with E-state index < -0.39 is 0 Å². The van der Waals surface area contributed by atoms with Gasteiger partial charge in [-0.2, -0.15) is 0 Å². The maximum Gasteiger partial charge on any atom is 0.258 e. The number of carbonyl (C=O) groups excluding carboxylic acids is 1. The lowest BCUT2D eigenvalue weighted by Crippen LogP contribution is -2.13. The van der Waals surface area contributed by atoms with Gasteiger partial charge in [0.1, 0.15) is 12.0 Å². The Bertz CT molecular complexity index is 1250. The number of aromatic nitrogens is 6. The summed E-state index contributed by atoms with van der Waals surface area (Å²) in [6.45, 7) is 0. The molecule has 0 unspecified atom stereocenters. The van der Waals surface area contributed by atoms with Crippen LogP contribution in [-0.2, 0) is 7.05 Å². The topological polar surface area (TPSA) is 104 Å². The molecule has 8 nitrogen and oxygen atoms in total. The van der Waals surface area contributed by atoms with Crippen LogP contribution in [0.3, 0.4) is 0 Å². The molecule has 0 aliphatic rings. The summed E-state index contributed by atoms with van der Waals surface area (Å²) in [5.74, 6) is -0.00713. The number of rotatable bonds is 3. The zero-order valence-electron chi connectivity index (χ0n) is 14.4. The Labute approximate surface area is 153 Å². The second kappa shape index (κ2) is 5.80. The maximum absolute atomic E-state index is 12.4. The normalized spacial score (nSPS) is 11.3. The first kappa shape index (κ1) is 15.3. The van der Waals surface area contributed by atoms with Crippen LogP contribution in [0.5, 0.6) is 0 Å². The number of nitrogens with one attached hydrogen (secondary N) is 3. The van der Waals surface area contributed by atoms with Crippen LogP contribution in [0.1, 0.15) is 10.4 Å². The van der Waals surface area contributed by atoms with Crippen LogP contribution in [0.15, 0.2) is 55.1 Å². The molecule has 1 aromatic carbocycles. The third-order valence-electron chi connectivity index (χ3n) is 4.58. The SMILES string of the molecule is Cn1cc(-c2cc3cccnc3[nH]2)c2ccc(C(=O)Nc3nc[nH]n3)cc21. The Morgan fingerprint density at radius 3 is 2.93 bits per heavy atom. The van der Waals surface area contributed by atoms with Crippen LogP contribution in [0.2, 0.25) is 0 Å². The van der Waals surface area contributed by atoms with E-state index in [0.717, 1.165) is 33.2 Å². The molecule has 0 spiro atoms. The second-order valence-electron chi connectivity index (χ2n) is 6.29. The van der Waals surface area contributed by atoms with Crippen molar-refractivity contribution in [2.24, 2.45) is 7.05 Å². The average molecular weight is 357 g/mol. The van der Waals surface area contributed by atoms with Crippen molar-refractivity contribution in [1.82, 2.24) is 29.7 Å². The summed E-state index contributed by atoms with van der Waals surface area (Å²) in [6, 6.07) is 11.6. The Balaban J connectivity index is 1.57. The minimum Gasteiger partial charge on any atom is -0.350 e. The van der Waals surface area contributed by atoms with Crippen molar-refractivity contribution >= 4 is 33.8 Å². The smallest absolute Gasteiger partial charge is 0.258 e. The molecule has 0 saturated heterocycles. The van der Waals surface area contributed by atoms with E-state index in [4.69, 9.17) is 0 Å². The first-order valence-corrected chi connectivity index (χ1v) is 8.39. The van der Waals surface area contributed by atoms with Crippen molar-refractivity contribution in [2.75, 3.05) is 5.32 Å². The molecular weight excluding hydrogens is 342 g/mol. The van der Waals surface area contributed by atoms with E-state index in [-0.39, 0.29) is 11.9 Å². The maximum atomic E-state index is 12.4. The van der Waals surface area contributed by atoms with Gasteiger partial charge >= 0.3 is 0 Å². The fourth-order valence-corrected chi connectivity index (χ4v) is 3.29. The largest absolute Gasteiger partial charge is 0.350 e. The molecule has 4 aromatic heterocycles. The summed E-state index contributed by atoms with van der Waals surface area (Å²) in [5, 5.41) is 11.2. The molecule has 0 fully saturated rings. The second-order valence-corrected chi connectivity index (χ2v) is 6.29. The molecule has 0 aliphatic carbocycles. The minimum absolute atomic E-state index is 0.248. The quantitative estimate of drug-likeness (QED) is 0.461. The Kier molecular flexibility index (Phi) is 3.29. The lowest BCUT2D eigenvalue weighted by molar-refractivity contribution is 0.102. The first-order valence-electron chi connectivity index (χ1n) is 8.39. The van der Waals surface area contributed by atoms with Crippen molar-refractivity contribution in [2.45, 2.75) is 0 Å². The summed E-state index contributed by atoms with van der Waals surface area (Å²) >= 11 is 0. The van der Waals surface area contributed by atoms with E-state index in [0.29, 0.717) is 5.56 Å². The zero-order chi connectivity index (χ0) is 18.4. The number of benzene rings is 1. The van der Waals surface area contributed by atoms with Crippen molar-refractivity contribution in [3.63, 3.8) is 0 Å². The molecule has 0 aliphatic heterocycles. The predicted octanol–water partition coefficient (Wildman–Crippen LogP) is 3.09. The third kappa shape index (κ3) is 2.54. The molecule has 27 heavy (non-hydrogen) atoms. The van der Waals surface area contributed by atoms with E-state index in [1.807, 2.05) is 42.1 Å². The van der Waals surface area contributed by atoms with Crippen molar-refractivity contribution in [3.8, 4) is 11.3 Å². The molecule has 8 heteroatoms. The van der Waals surface area contributed by atoms with E-state index in [1.165, 1.54) is 6.33 Å². The molecule has 3 N–H and O–H groups in total. The average Bonchev–Trinajstić information content (AvgIpc) is 3.40. The highest BCUT2D eigenvalue weighted by Crippen LogP contribution is 2.32.